The third-order valence-electron chi connectivity index (χ3n) is 3.80. The van der Waals surface area contributed by atoms with Crippen LogP contribution in [0, 0.1) is 12.7 Å². The van der Waals surface area contributed by atoms with E-state index in [2.05, 4.69) is 5.32 Å². The van der Waals surface area contributed by atoms with E-state index in [1.54, 1.807) is 12.1 Å². The molecule has 1 aliphatic rings. The molecule has 2 unspecified atom stereocenters. The Morgan fingerprint density at radius 3 is 2.76 bits per heavy atom. The molecule has 5 heteroatoms. The van der Waals surface area contributed by atoms with Crippen LogP contribution in [0.25, 0.3) is 0 Å². The van der Waals surface area contributed by atoms with Gasteiger partial charge in [0.2, 0.25) is 11.8 Å². The summed E-state index contributed by atoms with van der Waals surface area (Å²) in [6, 6.07) is 8.02. The molecular weight excluding hydrogens is 289 g/mol. The van der Waals surface area contributed by atoms with Crippen LogP contribution in [-0.2, 0) is 9.59 Å². The number of aryl methyl sites for hydroxylation is 1. The highest BCUT2D eigenvalue weighted by Gasteiger charge is 2.39. The van der Waals surface area contributed by atoms with Crippen molar-refractivity contribution in [2.24, 2.45) is 0 Å². The number of thiophene rings is 1. The van der Waals surface area contributed by atoms with Crippen molar-refractivity contribution in [2.75, 3.05) is 0 Å². The number of halogens is 1. The molecule has 3 nitrogen and oxygen atoms in total. The molecule has 0 spiro atoms. The molecule has 2 amide bonds. The number of nitrogens with one attached hydrogen (secondary N) is 1. The van der Waals surface area contributed by atoms with Gasteiger partial charge in [0.15, 0.2) is 0 Å². The highest BCUT2D eigenvalue weighted by molar-refractivity contribution is 7.10. The van der Waals surface area contributed by atoms with Gasteiger partial charge in [0.1, 0.15) is 5.82 Å². The fourth-order valence-electron chi connectivity index (χ4n) is 2.86. The molecule has 108 valence electrons. The van der Waals surface area contributed by atoms with Crippen molar-refractivity contribution in [3.05, 3.63) is 57.5 Å². The van der Waals surface area contributed by atoms with Crippen molar-refractivity contribution in [2.45, 2.75) is 25.2 Å². The fourth-order valence-corrected chi connectivity index (χ4v) is 3.93. The predicted octanol–water partition coefficient (Wildman–Crippen LogP) is 3.11. The summed E-state index contributed by atoms with van der Waals surface area (Å²) in [4.78, 5) is 25.0. The van der Waals surface area contributed by atoms with Gasteiger partial charge in [-0.15, -0.1) is 11.3 Å². The van der Waals surface area contributed by atoms with Gasteiger partial charge in [-0.05, 0) is 41.6 Å². The van der Waals surface area contributed by atoms with Crippen LogP contribution in [0.1, 0.15) is 34.3 Å². The smallest absolute Gasteiger partial charge is 0.234 e. The summed E-state index contributed by atoms with van der Waals surface area (Å²) in [5, 5.41) is 4.31. The van der Waals surface area contributed by atoms with Gasteiger partial charge in [-0.25, -0.2) is 4.39 Å². The number of imide groups is 1. The Bertz CT molecular complexity index is 710. The Kier molecular flexibility index (Phi) is 3.59. The molecule has 21 heavy (non-hydrogen) atoms. The zero-order valence-corrected chi connectivity index (χ0v) is 12.2. The summed E-state index contributed by atoms with van der Waals surface area (Å²) in [6.45, 7) is 1.96. The normalized spacial score (nSPS) is 22.2. The maximum absolute atomic E-state index is 13.5. The van der Waals surface area contributed by atoms with Gasteiger partial charge >= 0.3 is 0 Å². The van der Waals surface area contributed by atoms with E-state index in [0.29, 0.717) is 5.56 Å². The van der Waals surface area contributed by atoms with E-state index in [9.17, 15) is 14.0 Å². The Balaban J connectivity index is 2.07. The lowest BCUT2D eigenvalue weighted by atomic mass is 9.79. The van der Waals surface area contributed by atoms with Crippen LogP contribution in [0.2, 0.25) is 0 Å². The van der Waals surface area contributed by atoms with Crippen LogP contribution in [0.5, 0.6) is 0 Å². The molecule has 2 aromatic rings. The maximum atomic E-state index is 13.5. The maximum Gasteiger partial charge on any atom is 0.234 e. The average molecular weight is 303 g/mol. The number of benzene rings is 1. The number of carbonyl (C=O) groups is 2. The minimum Gasteiger partial charge on any atom is -0.296 e. The first-order valence-corrected chi connectivity index (χ1v) is 7.57. The second-order valence-corrected chi connectivity index (χ2v) is 6.17. The third-order valence-corrected chi connectivity index (χ3v) is 4.95. The van der Waals surface area contributed by atoms with Crippen LogP contribution in [0.3, 0.4) is 0 Å². The summed E-state index contributed by atoms with van der Waals surface area (Å²) >= 11 is 1.54. The third kappa shape index (κ3) is 2.61. The first kappa shape index (κ1) is 13.9. The Labute approximate surface area is 125 Å². The van der Waals surface area contributed by atoms with Gasteiger partial charge in [0.05, 0.1) is 5.92 Å². The van der Waals surface area contributed by atoms with Crippen LogP contribution in [0.15, 0.2) is 35.7 Å². The zero-order valence-electron chi connectivity index (χ0n) is 11.4. The van der Waals surface area contributed by atoms with Crippen molar-refractivity contribution in [3.63, 3.8) is 0 Å². The molecule has 1 aliphatic heterocycles. The van der Waals surface area contributed by atoms with E-state index in [0.717, 1.165) is 10.4 Å². The summed E-state index contributed by atoms with van der Waals surface area (Å²) in [5.74, 6) is -1.76. The van der Waals surface area contributed by atoms with Crippen LogP contribution >= 0.6 is 11.3 Å². The molecule has 2 heterocycles. The Hall–Kier alpha value is -2.01. The van der Waals surface area contributed by atoms with Gasteiger partial charge in [-0.2, -0.15) is 0 Å². The van der Waals surface area contributed by atoms with Crippen molar-refractivity contribution >= 4 is 23.2 Å². The first-order valence-electron chi connectivity index (χ1n) is 6.69. The topological polar surface area (TPSA) is 46.2 Å². The summed E-state index contributed by atoms with van der Waals surface area (Å²) in [6.07, 6.45) is 0.244. The first-order chi connectivity index (χ1) is 10.1. The molecular formula is C16H14FNO2S. The highest BCUT2D eigenvalue weighted by atomic mass is 32.1. The molecule has 1 fully saturated rings. The second kappa shape index (κ2) is 5.41. The summed E-state index contributed by atoms with van der Waals surface area (Å²) < 4.78 is 13.5. The lowest BCUT2D eigenvalue weighted by Gasteiger charge is -2.30. The minimum absolute atomic E-state index is 0.229. The van der Waals surface area contributed by atoms with Crippen LogP contribution in [-0.4, -0.2) is 11.8 Å². The monoisotopic (exact) mass is 303 g/mol. The van der Waals surface area contributed by atoms with Gasteiger partial charge in [0.25, 0.3) is 0 Å². The summed E-state index contributed by atoms with van der Waals surface area (Å²) in [5.41, 5.74) is 1.67. The molecule has 1 aromatic heterocycles. The molecule has 0 aliphatic carbocycles. The van der Waals surface area contributed by atoms with Crippen molar-refractivity contribution in [3.8, 4) is 0 Å². The quantitative estimate of drug-likeness (QED) is 0.867. The standard InChI is InChI=1S/C16H14FNO2S/c1-9-5-6-21-15(9)12-8-13(19)18-16(20)14(12)10-3-2-4-11(17)7-10/h2-7,12,14H,8H2,1H3,(H,18,19,20). The van der Waals surface area contributed by atoms with Crippen molar-refractivity contribution < 1.29 is 14.0 Å². The lowest BCUT2D eigenvalue weighted by molar-refractivity contribution is -0.135. The van der Waals surface area contributed by atoms with E-state index >= 15 is 0 Å². The molecule has 0 bridgehead atoms. The van der Waals surface area contributed by atoms with E-state index < -0.39 is 5.92 Å². The van der Waals surface area contributed by atoms with E-state index in [1.165, 1.54) is 23.5 Å². The largest absolute Gasteiger partial charge is 0.296 e. The number of hydrogen-bond donors (Lipinski definition) is 1. The fraction of sp³-hybridized carbons (Fsp3) is 0.250. The molecule has 1 N–H and O–H groups in total. The number of rotatable bonds is 2. The minimum atomic E-state index is -0.532. The number of amides is 2. The lowest BCUT2D eigenvalue weighted by Crippen LogP contribution is -2.43. The van der Waals surface area contributed by atoms with E-state index in [-0.39, 0.29) is 30.0 Å². The second-order valence-electron chi connectivity index (χ2n) is 5.22. The molecule has 0 radical (unpaired) electrons. The number of hydrogen-bond acceptors (Lipinski definition) is 3. The number of piperidine rings is 1. The molecule has 1 saturated heterocycles. The van der Waals surface area contributed by atoms with Gasteiger partial charge in [-0.1, -0.05) is 12.1 Å². The van der Waals surface area contributed by atoms with E-state index in [4.69, 9.17) is 0 Å². The number of carbonyl (C=O) groups excluding carboxylic acids is 2. The average Bonchev–Trinajstić information content (AvgIpc) is 2.84. The molecule has 3 rings (SSSR count). The van der Waals surface area contributed by atoms with E-state index in [1.807, 2.05) is 18.4 Å². The highest BCUT2D eigenvalue weighted by Crippen LogP contribution is 2.41. The Morgan fingerprint density at radius 2 is 2.10 bits per heavy atom. The summed E-state index contributed by atoms with van der Waals surface area (Å²) in [7, 11) is 0. The SMILES string of the molecule is Cc1ccsc1C1CC(=O)NC(=O)C1c1cccc(F)c1. The van der Waals surface area contributed by atoms with Crippen LogP contribution in [0.4, 0.5) is 4.39 Å². The predicted molar refractivity (Wildman–Crippen MR) is 78.7 cm³/mol. The van der Waals surface area contributed by atoms with Gasteiger partial charge in [0, 0.05) is 17.2 Å². The van der Waals surface area contributed by atoms with Gasteiger partial charge < -0.3 is 0 Å². The zero-order chi connectivity index (χ0) is 15.0. The molecule has 2 atom stereocenters. The molecule has 0 saturated carbocycles. The van der Waals surface area contributed by atoms with Crippen molar-refractivity contribution in [1.29, 1.82) is 0 Å². The van der Waals surface area contributed by atoms with Crippen LogP contribution < -0.4 is 5.32 Å². The van der Waals surface area contributed by atoms with Crippen molar-refractivity contribution in [1.82, 2.24) is 5.32 Å². The van der Waals surface area contributed by atoms with Gasteiger partial charge in [-0.3, -0.25) is 14.9 Å². The molecule has 1 aromatic carbocycles. The Morgan fingerprint density at radius 1 is 1.29 bits per heavy atom.